The van der Waals surface area contributed by atoms with E-state index in [1.807, 2.05) is 18.2 Å². The Hall–Kier alpha value is -2.82. The van der Waals surface area contributed by atoms with Gasteiger partial charge in [-0.15, -0.1) is 0 Å². The van der Waals surface area contributed by atoms with Crippen molar-refractivity contribution in [3.8, 4) is 28.7 Å². The van der Waals surface area contributed by atoms with Crippen LogP contribution in [0.1, 0.15) is 36.5 Å². The van der Waals surface area contributed by atoms with Crippen LogP contribution in [0, 0.1) is 0 Å². The average Bonchev–Trinajstić information content (AvgIpc) is 2.70. The van der Waals surface area contributed by atoms with Crippen LogP contribution >= 0.6 is 0 Å². The highest BCUT2D eigenvalue weighted by molar-refractivity contribution is 5.57. The van der Waals surface area contributed by atoms with Crippen molar-refractivity contribution in [1.82, 2.24) is 0 Å². The molecular weight excluding hydrogens is 356 g/mol. The van der Waals surface area contributed by atoms with Gasteiger partial charge in [-0.25, -0.2) is 0 Å². The van der Waals surface area contributed by atoms with E-state index in [4.69, 9.17) is 18.9 Å². The van der Waals surface area contributed by atoms with Crippen LogP contribution in [0.5, 0.6) is 28.7 Å². The molecule has 0 saturated carbocycles. The van der Waals surface area contributed by atoms with E-state index >= 15 is 0 Å². The second-order valence-electron chi connectivity index (χ2n) is 7.56. The molecule has 2 aliphatic rings. The Morgan fingerprint density at radius 3 is 2.64 bits per heavy atom. The maximum absolute atomic E-state index is 10.4. The van der Waals surface area contributed by atoms with E-state index in [1.54, 1.807) is 20.3 Å². The number of benzene rings is 2. The van der Waals surface area contributed by atoms with Crippen LogP contribution in [0.2, 0.25) is 0 Å². The monoisotopic (exact) mass is 382 g/mol. The molecule has 0 aliphatic carbocycles. The Balaban J connectivity index is 1.73. The summed E-state index contributed by atoms with van der Waals surface area (Å²) in [6, 6.07) is 7.61. The van der Waals surface area contributed by atoms with Crippen LogP contribution in [-0.4, -0.2) is 32.0 Å². The summed E-state index contributed by atoms with van der Waals surface area (Å²) in [5.41, 5.74) is 4.23. The first kappa shape index (κ1) is 18.5. The number of fused-ring (bicyclic) bond motifs is 4. The van der Waals surface area contributed by atoms with Crippen molar-refractivity contribution in [2.24, 2.45) is 0 Å². The van der Waals surface area contributed by atoms with E-state index < -0.39 is 0 Å². The SMILES string of the molecule is COc1cc2c(cc1OC)[C@H]1Cc3ccc(O)c(CC=C(C)C)c3O[C@@H]1CO2. The molecule has 1 N–H and O–H groups in total. The molecule has 28 heavy (non-hydrogen) atoms. The van der Waals surface area contributed by atoms with E-state index in [-0.39, 0.29) is 17.8 Å². The lowest BCUT2D eigenvalue weighted by Crippen LogP contribution is -2.40. The number of hydrogen-bond donors (Lipinski definition) is 1. The van der Waals surface area contributed by atoms with Crippen LogP contribution in [-0.2, 0) is 12.8 Å². The van der Waals surface area contributed by atoms with Gasteiger partial charge in [-0.1, -0.05) is 17.7 Å². The molecule has 148 valence electrons. The summed E-state index contributed by atoms with van der Waals surface area (Å²) >= 11 is 0. The molecule has 0 unspecified atom stereocenters. The van der Waals surface area contributed by atoms with Crippen LogP contribution in [0.3, 0.4) is 0 Å². The molecule has 0 radical (unpaired) electrons. The molecule has 4 rings (SSSR count). The van der Waals surface area contributed by atoms with Crippen molar-refractivity contribution in [2.75, 3.05) is 20.8 Å². The number of allylic oxidation sites excluding steroid dienone is 2. The quantitative estimate of drug-likeness (QED) is 0.795. The van der Waals surface area contributed by atoms with Crippen molar-refractivity contribution < 1.29 is 24.1 Å². The zero-order valence-electron chi connectivity index (χ0n) is 16.7. The largest absolute Gasteiger partial charge is 0.508 e. The van der Waals surface area contributed by atoms with Gasteiger partial charge in [0.2, 0.25) is 0 Å². The Morgan fingerprint density at radius 1 is 1.18 bits per heavy atom. The van der Waals surface area contributed by atoms with Gasteiger partial charge in [0.15, 0.2) is 11.5 Å². The molecule has 2 aromatic rings. The third kappa shape index (κ3) is 3.15. The second kappa shape index (κ2) is 7.30. The fourth-order valence-corrected chi connectivity index (χ4v) is 4.00. The lowest BCUT2D eigenvalue weighted by Gasteiger charge is -2.39. The Morgan fingerprint density at radius 2 is 1.93 bits per heavy atom. The minimum Gasteiger partial charge on any atom is -0.508 e. The van der Waals surface area contributed by atoms with E-state index in [2.05, 4.69) is 19.9 Å². The third-order valence-electron chi connectivity index (χ3n) is 5.51. The van der Waals surface area contributed by atoms with Crippen molar-refractivity contribution >= 4 is 0 Å². The molecule has 0 amide bonds. The highest BCUT2D eigenvalue weighted by Crippen LogP contribution is 2.48. The molecule has 2 heterocycles. The smallest absolute Gasteiger partial charge is 0.164 e. The summed E-state index contributed by atoms with van der Waals surface area (Å²) in [6.07, 6.45) is 3.48. The third-order valence-corrected chi connectivity index (χ3v) is 5.51. The van der Waals surface area contributed by atoms with E-state index in [1.165, 1.54) is 5.57 Å². The fraction of sp³-hybridized carbons (Fsp3) is 0.391. The lowest BCUT2D eigenvalue weighted by atomic mass is 9.82. The number of rotatable bonds is 4. The molecule has 0 spiro atoms. The Kier molecular flexibility index (Phi) is 4.84. The zero-order valence-corrected chi connectivity index (χ0v) is 16.7. The summed E-state index contributed by atoms with van der Waals surface area (Å²) in [6.45, 7) is 4.57. The van der Waals surface area contributed by atoms with Gasteiger partial charge in [-0.05, 0) is 44.4 Å². The predicted molar refractivity (Wildman–Crippen MR) is 107 cm³/mol. The minimum absolute atomic E-state index is 0.106. The normalized spacial score (nSPS) is 19.3. The summed E-state index contributed by atoms with van der Waals surface area (Å²) < 4.78 is 23.2. The average molecular weight is 382 g/mol. The maximum Gasteiger partial charge on any atom is 0.164 e. The first-order valence-corrected chi connectivity index (χ1v) is 9.54. The molecule has 0 bridgehead atoms. The molecule has 2 aromatic carbocycles. The van der Waals surface area contributed by atoms with Gasteiger partial charge in [-0.3, -0.25) is 0 Å². The first-order valence-electron chi connectivity index (χ1n) is 9.54. The maximum atomic E-state index is 10.4. The van der Waals surface area contributed by atoms with Crippen molar-refractivity contribution in [1.29, 1.82) is 0 Å². The number of phenols is 1. The first-order chi connectivity index (χ1) is 13.5. The van der Waals surface area contributed by atoms with Crippen molar-refractivity contribution in [2.45, 2.75) is 38.7 Å². The van der Waals surface area contributed by atoms with Gasteiger partial charge in [0.25, 0.3) is 0 Å². The Labute approximate surface area is 165 Å². The number of hydrogen-bond acceptors (Lipinski definition) is 5. The Bertz CT molecular complexity index is 927. The molecule has 5 nitrogen and oxygen atoms in total. The molecule has 2 aliphatic heterocycles. The minimum atomic E-state index is -0.106. The molecule has 0 saturated heterocycles. The molecule has 0 fully saturated rings. The summed E-state index contributed by atoms with van der Waals surface area (Å²) in [4.78, 5) is 0. The van der Waals surface area contributed by atoms with Crippen molar-refractivity contribution in [3.05, 3.63) is 52.6 Å². The topological polar surface area (TPSA) is 57.2 Å². The molecule has 0 aromatic heterocycles. The van der Waals surface area contributed by atoms with Gasteiger partial charge in [-0.2, -0.15) is 0 Å². The van der Waals surface area contributed by atoms with Gasteiger partial charge >= 0.3 is 0 Å². The van der Waals surface area contributed by atoms with E-state index in [9.17, 15) is 5.11 Å². The van der Waals surface area contributed by atoms with Crippen LogP contribution in [0.4, 0.5) is 0 Å². The predicted octanol–water partition coefficient (Wildman–Crippen LogP) is 4.40. The van der Waals surface area contributed by atoms with E-state index in [0.29, 0.717) is 24.5 Å². The van der Waals surface area contributed by atoms with Crippen LogP contribution < -0.4 is 18.9 Å². The van der Waals surface area contributed by atoms with Gasteiger partial charge < -0.3 is 24.1 Å². The number of methoxy groups -OCH3 is 2. The summed E-state index contributed by atoms with van der Waals surface area (Å²) in [5.74, 6) is 3.40. The molecular formula is C23H26O5. The molecule has 2 atom stereocenters. The van der Waals surface area contributed by atoms with Crippen molar-refractivity contribution in [3.63, 3.8) is 0 Å². The number of aromatic hydroxyl groups is 1. The second-order valence-corrected chi connectivity index (χ2v) is 7.56. The van der Waals surface area contributed by atoms with Gasteiger partial charge in [0, 0.05) is 23.1 Å². The molecule has 5 heteroatoms. The lowest BCUT2D eigenvalue weighted by molar-refractivity contribution is 0.0720. The number of ether oxygens (including phenoxy) is 4. The fourth-order valence-electron chi connectivity index (χ4n) is 4.00. The van der Waals surface area contributed by atoms with Gasteiger partial charge in [0.05, 0.1) is 14.2 Å². The van der Waals surface area contributed by atoms with Crippen LogP contribution in [0.25, 0.3) is 0 Å². The standard InChI is InChI=1S/C23H26O5/c1-13(2)5-7-15-18(24)8-6-14-9-16-17-10-20(25-3)21(26-4)11-19(17)27-12-22(16)28-23(14)15/h5-6,8,10-11,16,22,24H,7,9,12H2,1-4H3/t16-,22-/m1/s1. The van der Waals surface area contributed by atoms with E-state index in [0.717, 1.165) is 34.6 Å². The summed E-state index contributed by atoms with van der Waals surface area (Å²) in [5, 5.41) is 10.4. The number of phenolic OH excluding ortho intramolecular Hbond substituents is 1. The summed E-state index contributed by atoms with van der Waals surface area (Å²) in [7, 11) is 3.26. The highest BCUT2D eigenvalue weighted by Gasteiger charge is 2.38. The zero-order chi connectivity index (χ0) is 19.8. The highest BCUT2D eigenvalue weighted by atomic mass is 16.5. The van der Waals surface area contributed by atoms with Crippen LogP contribution in [0.15, 0.2) is 35.9 Å². The van der Waals surface area contributed by atoms with Gasteiger partial charge in [0.1, 0.15) is 30.0 Å².